The first kappa shape index (κ1) is 14.6. The molecular weight excluding hydrogens is 262 g/mol. The number of nitrogens with one attached hydrogen (secondary N) is 2. The molecule has 3 N–H and O–H groups in total. The molecule has 3 amide bonds. The van der Waals surface area contributed by atoms with Crippen molar-refractivity contribution in [1.29, 1.82) is 0 Å². The molecule has 0 atom stereocenters. The summed E-state index contributed by atoms with van der Waals surface area (Å²) in [6.45, 7) is 1.44. The van der Waals surface area contributed by atoms with E-state index in [0.29, 0.717) is 32.5 Å². The number of aliphatic carboxylic acids is 1. The highest BCUT2D eigenvalue weighted by molar-refractivity contribution is 5.80. The van der Waals surface area contributed by atoms with Gasteiger partial charge >= 0.3 is 12.0 Å². The highest BCUT2D eigenvalue weighted by atomic mass is 16.4. The lowest BCUT2D eigenvalue weighted by molar-refractivity contribution is -0.148. The number of urea groups is 1. The van der Waals surface area contributed by atoms with Crippen LogP contribution in [-0.2, 0) is 9.59 Å². The molecule has 2 fully saturated rings. The van der Waals surface area contributed by atoms with Crippen LogP contribution in [0, 0.1) is 5.41 Å². The number of nitrogens with zero attached hydrogens (tertiary/aromatic N) is 1. The van der Waals surface area contributed by atoms with Crippen LogP contribution in [0.25, 0.3) is 0 Å². The molecule has 2 aliphatic rings. The molecule has 0 spiro atoms. The van der Waals surface area contributed by atoms with Crippen LogP contribution in [0.5, 0.6) is 0 Å². The molecule has 1 heterocycles. The van der Waals surface area contributed by atoms with Gasteiger partial charge in [0.15, 0.2) is 0 Å². The van der Waals surface area contributed by atoms with E-state index in [-0.39, 0.29) is 24.9 Å². The van der Waals surface area contributed by atoms with Crippen molar-refractivity contribution in [2.24, 2.45) is 5.41 Å². The Hall–Kier alpha value is -1.79. The Morgan fingerprint density at radius 2 is 2.00 bits per heavy atom. The molecule has 0 radical (unpaired) electrons. The van der Waals surface area contributed by atoms with Crippen molar-refractivity contribution >= 4 is 17.9 Å². The molecule has 112 valence electrons. The van der Waals surface area contributed by atoms with Crippen molar-refractivity contribution in [1.82, 2.24) is 15.5 Å². The molecule has 1 saturated heterocycles. The summed E-state index contributed by atoms with van der Waals surface area (Å²) in [6.07, 6.45) is 3.30. The average Bonchev–Trinajstić information content (AvgIpc) is 2.80. The number of carboxylic acid groups (broad SMARTS) is 1. The van der Waals surface area contributed by atoms with E-state index in [0.717, 1.165) is 12.8 Å². The highest BCUT2D eigenvalue weighted by Gasteiger charge is 2.41. The van der Waals surface area contributed by atoms with Gasteiger partial charge in [-0.3, -0.25) is 9.59 Å². The predicted octanol–water partition coefficient (Wildman–Crippen LogP) is 0.163. The highest BCUT2D eigenvalue weighted by Crippen LogP contribution is 2.37. The summed E-state index contributed by atoms with van der Waals surface area (Å²) in [5.41, 5.74) is -0.810. The summed E-state index contributed by atoms with van der Waals surface area (Å²) in [5.74, 6) is -0.888. The van der Waals surface area contributed by atoms with Gasteiger partial charge in [-0.2, -0.15) is 0 Å². The minimum absolute atomic E-state index is 0.0573. The zero-order chi connectivity index (χ0) is 14.6. The lowest BCUT2D eigenvalue weighted by Gasteiger charge is -2.26. The first-order valence-corrected chi connectivity index (χ1v) is 7.06. The zero-order valence-electron chi connectivity index (χ0n) is 11.5. The fraction of sp³-hybridized carbons (Fsp3) is 0.769. The SMILES string of the molecule is O=C1CCN(C(=O)NCC2(C(=O)O)CCCC2)CCN1. The second kappa shape index (κ2) is 6.11. The van der Waals surface area contributed by atoms with Crippen LogP contribution < -0.4 is 10.6 Å². The topological polar surface area (TPSA) is 98.7 Å². The molecule has 0 aromatic carbocycles. The van der Waals surface area contributed by atoms with Crippen LogP contribution >= 0.6 is 0 Å². The van der Waals surface area contributed by atoms with Crippen molar-refractivity contribution in [3.63, 3.8) is 0 Å². The van der Waals surface area contributed by atoms with Gasteiger partial charge in [0.2, 0.25) is 5.91 Å². The lowest BCUT2D eigenvalue weighted by Crippen LogP contribution is -2.47. The summed E-state index contributed by atoms with van der Waals surface area (Å²) in [5, 5.41) is 14.8. The van der Waals surface area contributed by atoms with Crippen LogP contribution in [0.1, 0.15) is 32.1 Å². The van der Waals surface area contributed by atoms with Gasteiger partial charge in [0.05, 0.1) is 5.41 Å². The van der Waals surface area contributed by atoms with Gasteiger partial charge in [0.1, 0.15) is 0 Å². The minimum Gasteiger partial charge on any atom is -0.481 e. The second-order valence-electron chi connectivity index (χ2n) is 5.54. The number of carbonyl (C=O) groups excluding carboxylic acids is 2. The number of amides is 3. The molecule has 20 heavy (non-hydrogen) atoms. The second-order valence-corrected chi connectivity index (χ2v) is 5.54. The van der Waals surface area contributed by atoms with Gasteiger partial charge in [0.25, 0.3) is 0 Å². The van der Waals surface area contributed by atoms with Crippen LogP contribution in [0.2, 0.25) is 0 Å². The Morgan fingerprint density at radius 1 is 1.30 bits per heavy atom. The summed E-state index contributed by atoms with van der Waals surface area (Å²) < 4.78 is 0. The predicted molar refractivity (Wildman–Crippen MR) is 71.1 cm³/mol. The van der Waals surface area contributed by atoms with Crippen molar-refractivity contribution < 1.29 is 19.5 Å². The Balaban J connectivity index is 1.87. The summed E-state index contributed by atoms with van der Waals surface area (Å²) in [7, 11) is 0. The van der Waals surface area contributed by atoms with Crippen molar-refractivity contribution in [3.8, 4) is 0 Å². The van der Waals surface area contributed by atoms with Crippen LogP contribution in [0.3, 0.4) is 0 Å². The van der Waals surface area contributed by atoms with Crippen LogP contribution in [0.4, 0.5) is 4.79 Å². The summed E-state index contributed by atoms with van der Waals surface area (Å²) >= 11 is 0. The molecule has 0 aromatic rings. The maximum Gasteiger partial charge on any atom is 0.317 e. The van der Waals surface area contributed by atoms with E-state index >= 15 is 0 Å². The normalized spacial score (nSPS) is 22.0. The van der Waals surface area contributed by atoms with E-state index in [4.69, 9.17) is 0 Å². The fourth-order valence-electron chi connectivity index (χ4n) is 2.84. The standard InChI is InChI=1S/C13H21N3O4/c17-10-3-7-16(8-6-14-10)12(20)15-9-13(11(18)19)4-1-2-5-13/h1-9H2,(H,14,17)(H,15,20)(H,18,19). The molecule has 2 rings (SSSR count). The van der Waals surface area contributed by atoms with E-state index in [1.165, 1.54) is 0 Å². The van der Waals surface area contributed by atoms with E-state index in [9.17, 15) is 19.5 Å². The number of rotatable bonds is 3. The van der Waals surface area contributed by atoms with Gasteiger partial charge in [-0.1, -0.05) is 12.8 Å². The first-order chi connectivity index (χ1) is 9.53. The smallest absolute Gasteiger partial charge is 0.317 e. The Labute approximate surface area is 117 Å². The average molecular weight is 283 g/mol. The molecular formula is C13H21N3O4. The van der Waals surface area contributed by atoms with Gasteiger partial charge in [-0.05, 0) is 12.8 Å². The van der Waals surface area contributed by atoms with Gasteiger partial charge in [0, 0.05) is 32.6 Å². The van der Waals surface area contributed by atoms with E-state index in [2.05, 4.69) is 10.6 Å². The van der Waals surface area contributed by atoms with E-state index in [1.807, 2.05) is 0 Å². The minimum atomic E-state index is -0.831. The Kier molecular flexibility index (Phi) is 4.46. The Bertz CT molecular complexity index is 404. The van der Waals surface area contributed by atoms with Gasteiger partial charge in [-0.15, -0.1) is 0 Å². The molecule has 7 heteroatoms. The summed E-state index contributed by atoms with van der Waals surface area (Å²) in [6, 6.07) is -0.283. The largest absolute Gasteiger partial charge is 0.481 e. The molecule has 0 aromatic heterocycles. The van der Waals surface area contributed by atoms with Crippen LogP contribution in [0.15, 0.2) is 0 Å². The molecule has 7 nitrogen and oxygen atoms in total. The van der Waals surface area contributed by atoms with E-state index < -0.39 is 11.4 Å². The van der Waals surface area contributed by atoms with Crippen LogP contribution in [-0.4, -0.2) is 54.1 Å². The van der Waals surface area contributed by atoms with Crippen molar-refractivity contribution in [2.45, 2.75) is 32.1 Å². The monoisotopic (exact) mass is 283 g/mol. The fourth-order valence-corrected chi connectivity index (χ4v) is 2.84. The third kappa shape index (κ3) is 3.20. The number of hydrogen-bond donors (Lipinski definition) is 3. The van der Waals surface area contributed by atoms with Gasteiger partial charge < -0.3 is 20.6 Å². The molecule has 1 aliphatic carbocycles. The van der Waals surface area contributed by atoms with Crippen molar-refractivity contribution in [2.75, 3.05) is 26.2 Å². The maximum absolute atomic E-state index is 12.1. The molecule has 0 bridgehead atoms. The third-order valence-electron chi connectivity index (χ3n) is 4.19. The number of carboxylic acids is 1. The Morgan fingerprint density at radius 3 is 2.65 bits per heavy atom. The quantitative estimate of drug-likeness (QED) is 0.687. The lowest BCUT2D eigenvalue weighted by atomic mass is 9.86. The zero-order valence-corrected chi connectivity index (χ0v) is 11.5. The van der Waals surface area contributed by atoms with Gasteiger partial charge in [-0.25, -0.2) is 4.79 Å². The molecule has 0 unspecified atom stereocenters. The summed E-state index contributed by atoms with van der Waals surface area (Å²) in [4.78, 5) is 36.2. The van der Waals surface area contributed by atoms with Crippen molar-refractivity contribution in [3.05, 3.63) is 0 Å². The molecule has 1 aliphatic heterocycles. The maximum atomic E-state index is 12.1. The van der Waals surface area contributed by atoms with E-state index in [1.54, 1.807) is 4.90 Å². The third-order valence-corrected chi connectivity index (χ3v) is 4.19. The number of carbonyl (C=O) groups is 3. The first-order valence-electron chi connectivity index (χ1n) is 7.06. The molecule has 1 saturated carbocycles. The number of hydrogen-bond acceptors (Lipinski definition) is 3.